The molecule has 14 heavy (non-hydrogen) atoms. The summed E-state index contributed by atoms with van der Waals surface area (Å²) in [5.74, 6) is 0. The Morgan fingerprint density at radius 1 is 1.50 bits per heavy atom. The highest BCUT2D eigenvalue weighted by Gasteiger charge is 2.33. The van der Waals surface area contributed by atoms with Crippen molar-refractivity contribution in [2.45, 2.75) is 45.2 Å². The van der Waals surface area contributed by atoms with Gasteiger partial charge in [-0.25, -0.2) is 0 Å². The highest BCUT2D eigenvalue weighted by atomic mass is 15.2. The number of nitrogens with zero attached hydrogens (tertiary/aromatic N) is 2. The summed E-state index contributed by atoms with van der Waals surface area (Å²) in [6.07, 6.45) is 2.61. The van der Waals surface area contributed by atoms with Crippen molar-refractivity contribution < 1.29 is 0 Å². The van der Waals surface area contributed by atoms with Gasteiger partial charge in [0.2, 0.25) is 0 Å². The summed E-state index contributed by atoms with van der Waals surface area (Å²) in [6, 6.07) is 3.12. The van der Waals surface area contributed by atoms with Crippen LogP contribution in [0.15, 0.2) is 0 Å². The van der Waals surface area contributed by atoms with Crippen LogP contribution in [0.5, 0.6) is 0 Å². The molecule has 0 aromatic heterocycles. The SMILES string of the molecule is CCNC(C)(C#N)CN(CC)C1CC1. The van der Waals surface area contributed by atoms with Crippen LogP contribution in [-0.4, -0.2) is 36.1 Å². The van der Waals surface area contributed by atoms with Gasteiger partial charge < -0.3 is 0 Å². The Kier molecular flexibility index (Phi) is 3.91. The summed E-state index contributed by atoms with van der Waals surface area (Å²) in [6.45, 7) is 8.95. The second kappa shape index (κ2) is 4.77. The summed E-state index contributed by atoms with van der Waals surface area (Å²) in [5.41, 5.74) is -0.382. The van der Waals surface area contributed by atoms with E-state index in [1.54, 1.807) is 0 Å². The van der Waals surface area contributed by atoms with Crippen molar-refractivity contribution in [3.8, 4) is 6.07 Å². The molecule has 1 N–H and O–H groups in total. The molecule has 0 amide bonds. The Morgan fingerprint density at radius 2 is 2.14 bits per heavy atom. The molecule has 1 aliphatic carbocycles. The van der Waals surface area contributed by atoms with E-state index in [1.807, 2.05) is 13.8 Å². The lowest BCUT2D eigenvalue weighted by Crippen LogP contribution is -2.50. The molecule has 1 unspecified atom stereocenters. The first-order valence-electron chi connectivity index (χ1n) is 5.55. The first-order valence-corrected chi connectivity index (χ1v) is 5.55. The Balaban J connectivity index is 2.49. The van der Waals surface area contributed by atoms with Gasteiger partial charge in [-0.05, 0) is 32.9 Å². The van der Waals surface area contributed by atoms with Crippen molar-refractivity contribution in [2.75, 3.05) is 19.6 Å². The fourth-order valence-electron chi connectivity index (χ4n) is 1.87. The van der Waals surface area contributed by atoms with E-state index in [0.29, 0.717) is 0 Å². The molecule has 3 nitrogen and oxygen atoms in total. The zero-order valence-corrected chi connectivity index (χ0v) is 9.51. The topological polar surface area (TPSA) is 39.1 Å². The number of likely N-dealkylation sites (N-methyl/N-ethyl adjacent to an activating group) is 2. The van der Waals surface area contributed by atoms with E-state index < -0.39 is 0 Å². The summed E-state index contributed by atoms with van der Waals surface area (Å²) in [7, 11) is 0. The molecule has 0 heterocycles. The van der Waals surface area contributed by atoms with E-state index >= 15 is 0 Å². The van der Waals surface area contributed by atoms with Crippen LogP contribution >= 0.6 is 0 Å². The van der Waals surface area contributed by atoms with Gasteiger partial charge in [0, 0.05) is 12.6 Å². The lowest BCUT2D eigenvalue weighted by Gasteiger charge is -2.30. The van der Waals surface area contributed by atoms with Crippen molar-refractivity contribution in [1.82, 2.24) is 10.2 Å². The number of rotatable bonds is 6. The van der Waals surface area contributed by atoms with E-state index in [0.717, 1.165) is 25.7 Å². The molecule has 0 aliphatic heterocycles. The Labute approximate surface area is 87.1 Å². The van der Waals surface area contributed by atoms with Gasteiger partial charge in [0.15, 0.2) is 0 Å². The van der Waals surface area contributed by atoms with Crippen LogP contribution in [-0.2, 0) is 0 Å². The van der Waals surface area contributed by atoms with E-state index in [4.69, 9.17) is 5.26 Å². The lowest BCUT2D eigenvalue weighted by molar-refractivity contribution is 0.222. The van der Waals surface area contributed by atoms with Crippen LogP contribution in [0, 0.1) is 11.3 Å². The second-order valence-electron chi connectivity index (χ2n) is 4.27. The quantitative estimate of drug-likeness (QED) is 0.695. The van der Waals surface area contributed by atoms with Crippen molar-refractivity contribution in [3.63, 3.8) is 0 Å². The molecule has 1 saturated carbocycles. The first kappa shape index (κ1) is 11.5. The lowest BCUT2D eigenvalue weighted by atomic mass is 10.0. The molecule has 0 radical (unpaired) electrons. The highest BCUT2D eigenvalue weighted by molar-refractivity contribution is 5.06. The van der Waals surface area contributed by atoms with Crippen LogP contribution < -0.4 is 5.32 Å². The molecule has 80 valence electrons. The van der Waals surface area contributed by atoms with Crippen LogP contribution in [0.3, 0.4) is 0 Å². The Morgan fingerprint density at radius 3 is 2.50 bits per heavy atom. The molecule has 0 saturated heterocycles. The van der Waals surface area contributed by atoms with Gasteiger partial charge >= 0.3 is 0 Å². The van der Waals surface area contributed by atoms with Crippen molar-refractivity contribution in [3.05, 3.63) is 0 Å². The van der Waals surface area contributed by atoms with Crippen molar-refractivity contribution >= 4 is 0 Å². The largest absolute Gasteiger partial charge is 0.299 e. The van der Waals surface area contributed by atoms with Gasteiger partial charge in [-0.3, -0.25) is 10.2 Å². The van der Waals surface area contributed by atoms with Gasteiger partial charge in [-0.1, -0.05) is 13.8 Å². The molecule has 1 rings (SSSR count). The maximum Gasteiger partial charge on any atom is 0.116 e. The van der Waals surface area contributed by atoms with Gasteiger partial charge in [0.1, 0.15) is 5.54 Å². The molecule has 0 spiro atoms. The van der Waals surface area contributed by atoms with Crippen LogP contribution in [0.1, 0.15) is 33.6 Å². The second-order valence-corrected chi connectivity index (χ2v) is 4.27. The average Bonchev–Trinajstić information content (AvgIpc) is 2.98. The monoisotopic (exact) mass is 195 g/mol. The summed E-state index contributed by atoms with van der Waals surface area (Å²) < 4.78 is 0. The van der Waals surface area contributed by atoms with Gasteiger partial charge in [0.05, 0.1) is 6.07 Å². The number of nitriles is 1. The fraction of sp³-hybridized carbons (Fsp3) is 0.909. The fourth-order valence-corrected chi connectivity index (χ4v) is 1.87. The Bertz CT molecular complexity index is 217. The maximum absolute atomic E-state index is 9.12. The van der Waals surface area contributed by atoms with Crippen LogP contribution in [0.25, 0.3) is 0 Å². The third kappa shape index (κ3) is 2.97. The smallest absolute Gasteiger partial charge is 0.116 e. The third-order valence-corrected chi connectivity index (χ3v) is 2.80. The maximum atomic E-state index is 9.12. The minimum absolute atomic E-state index is 0.382. The number of nitrogens with one attached hydrogen (secondary N) is 1. The molecule has 1 atom stereocenters. The van der Waals surface area contributed by atoms with E-state index in [-0.39, 0.29) is 5.54 Å². The molecule has 1 fully saturated rings. The summed E-state index contributed by atoms with van der Waals surface area (Å²) in [4.78, 5) is 2.41. The van der Waals surface area contributed by atoms with Crippen molar-refractivity contribution in [1.29, 1.82) is 5.26 Å². The Hall–Kier alpha value is -0.590. The van der Waals surface area contributed by atoms with Gasteiger partial charge in [-0.2, -0.15) is 5.26 Å². The third-order valence-electron chi connectivity index (χ3n) is 2.80. The summed E-state index contributed by atoms with van der Waals surface area (Å²) in [5, 5.41) is 12.4. The van der Waals surface area contributed by atoms with Crippen LogP contribution in [0.4, 0.5) is 0 Å². The summed E-state index contributed by atoms with van der Waals surface area (Å²) >= 11 is 0. The van der Waals surface area contributed by atoms with Crippen LogP contribution in [0.2, 0.25) is 0 Å². The number of hydrogen-bond acceptors (Lipinski definition) is 3. The highest BCUT2D eigenvalue weighted by Crippen LogP contribution is 2.27. The van der Waals surface area contributed by atoms with E-state index in [1.165, 1.54) is 12.8 Å². The molecule has 3 heteroatoms. The normalized spacial score (nSPS) is 20.5. The minimum Gasteiger partial charge on any atom is -0.299 e. The van der Waals surface area contributed by atoms with E-state index in [9.17, 15) is 0 Å². The van der Waals surface area contributed by atoms with Gasteiger partial charge in [0.25, 0.3) is 0 Å². The zero-order chi connectivity index (χ0) is 10.6. The molecule has 0 aromatic carbocycles. The minimum atomic E-state index is -0.382. The van der Waals surface area contributed by atoms with Gasteiger partial charge in [-0.15, -0.1) is 0 Å². The molecular weight excluding hydrogens is 174 g/mol. The molecule has 1 aliphatic rings. The first-order chi connectivity index (χ1) is 6.65. The zero-order valence-electron chi connectivity index (χ0n) is 9.51. The van der Waals surface area contributed by atoms with E-state index in [2.05, 4.69) is 23.2 Å². The molecule has 0 aromatic rings. The predicted molar refractivity (Wildman–Crippen MR) is 58.0 cm³/mol. The van der Waals surface area contributed by atoms with Crippen molar-refractivity contribution in [2.24, 2.45) is 0 Å². The standard InChI is InChI=1S/C11H21N3/c1-4-13-11(3,8-12)9-14(5-2)10-6-7-10/h10,13H,4-7,9H2,1-3H3. The number of hydrogen-bond donors (Lipinski definition) is 1. The molecule has 0 bridgehead atoms. The molecular formula is C11H21N3. The predicted octanol–water partition coefficient (Wildman–Crippen LogP) is 1.36. The average molecular weight is 195 g/mol.